The number of carboxylic acid groups (broad SMARTS) is 1. The molecule has 0 aliphatic carbocycles. The van der Waals surface area contributed by atoms with Gasteiger partial charge in [-0.1, -0.05) is 78.9 Å². The third kappa shape index (κ3) is 19.4. The molecular weight excluding hydrogens is 1120 g/mol. The Morgan fingerprint density at radius 2 is 1.07 bits per heavy atom. The number of aliphatic hydroxyl groups is 6. The van der Waals surface area contributed by atoms with Crippen molar-refractivity contribution in [3.63, 3.8) is 0 Å². The van der Waals surface area contributed by atoms with Crippen LogP contribution in [-0.2, 0) is 62.4 Å². The van der Waals surface area contributed by atoms with Gasteiger partial charge in [-0.3, -0.25) is 33.6 Å². The van der Waals surface area contributed by atoms with Crippen LogP contribution in [0.1, 0.15) is 49.8 Å². The van der Waals surface area contributed by atoms with Gasteiger partial charge in [0.1, 0.15) is 54.6 Å². The van der Waals surface area contributed by atoms with E-state index >= 15 is 0 Å². The number of fused-ring (bicyclic) bond motifs is 1. The van der Waals surface area contributed by atoms with Gasteiger partial charge in [0.15, 0.2) is 6.04 Å². The lowest BCUT2D eigenvalue weighted by atomic mass is 9.96. The number of aliphatic hydroxyl groups excluding tert-OH is 5. The molecule has 5 rings (SSSR count). The third-order valence-electron chi connectivity index (χ3n) is 13.9. The van der Waals surface area contributed by atoms with Crippen LogP contribution in [-0.4, -0.2) is 204 Å². The maximum Gasteiger partial charge on any atom is 0.328 e. The summed E-state index contributed by atoms with van der Waals surface area (Å²) in [4.78, 5) is 114. The van der Waals surface area contributed by atoms with Gasteiger partial charge in [0.25, 0.3) is 0 Å². The molecule has 1 aromatic heterocycles. The zero-order valence-corrected chi connectivity index (χ0v) is 47.5. The first-order valence-corrected chi connectivity index (χ1v) is 28.2. The summed E-state index contributed by atoms with van der Waals surface area (Å²) in [5.41, 5.74) is 8.27. The average Bonchev–Trinajstić information content (AvgIpc) is 4.14. The number of ether oxygens (including phenoxy) is 1. The number of carboxylic acids is 1. The molecule has 26 nitrogen and oxygen atoms in total. The number of nitrogens with two attached hydrogens (primary N) is 1. The van der Waals surface area contributed by atoms with Gasteiger partial charge in [0, 0.05) is 41.4 Å². The number of carbonyl (C=O) groups is 8. The van der Waals surface area contributed by atoms with Crippen molar-refractivity contribution in [2.24, 2.45) is 5.73 Å². The Morgan fingerprint density at radius 3 is 1.63 bits per heavy atom. The first-order valence-electron chi connectivity index (χ1n) is 26.9. The SMILES string of the molecule is C[C@@H](O)[C@H](NC(=O)[C@H](CS)NC(=O)[C@@H](NC(=O)[C@H](CCCCN)NC(=O)[C@@H](Cc1c[nH]c2ccccc12)NC(=O)[C@H](Cc1ccccc1)NC(=O)[C@H](CS)NC(=O)[C@@H](Cc1ccccc1)NC[C@@]1(O)OC[C@@H](O)[C@@H](O)[C@@H]1O)[C@@H](C)O)C(=O)O. The van der Waals surface area contributed by atoms with Crippen LogP contribution in [0.3, 0.4) is 0 Å². The van der Waals surface area contributed by atoms with Crippen molar-refractivity contribution in [3.8, 4) is 0 Å². The first-order chi connectivity index (χ1) is 39.5. The Morgan fingerprint density at radius 1 is 0.614 bits per heavy atom. The van der Waals surface area contributed by atoms with Crippen molar-refractivity contribution >= 4 is 83.5 Å². The molecule has 18 N–H and O–H groups in total. The second-order valence-corrected chi connectivity index (χ2v) is 21.0. The maximum atomic E-state index is 14.8. The van der Waals surface area contributed by atoms with Gasteiger partial charge >= 0.3 is 5.97 Å². The molecule has 0 unspecified atom stereocenters. The number of thiol groups is 2. The molecule has 454 valence electrons. The number of hydrogen-bond acceptors (Lipinski definition) is 19. The molecule has 0 radical (unpaired) electrons. The molecule has 1 saturated heterocycles. The van der Waals surface area contributed by atoms with Gasteiger partial charge in [-0.15, -0.1) is 0 Å². The Bertz CT molecular complexity index is 2800. The Kier molecular flexibility index (Phi) is 26.2. The molecule has 14 atom stereocenters. The van der Waals surface area contributed by atoms with Crippen LogP contribution in [0.5, 0.6) is 0 Å². The van der Waals surface area contributed by atoms with E-state index in [0.717, 1.165) is 6.92 Å². The second-order valence-electron chi connectivity index (χ2n) is 20.3. The highest BCUT2D eigenvalue weighted by molar-refractivity contribution is 7.80. The minimum absolute atomic E-state index is 0.0170. The molecular formula is C55H76N10O16S2. The second kappa shape index (κ2) is 32.4. The number of para-hydroxylation sites is 1. The Hall–Kier alpha value is -6.70. The van der Waals surface area contributed by atoms with Gasteiger partial charge in [-0.05, 0) is 68.8 Å². The minimum Gasteiger partial charge on any atom is -0.480 e. The molecule has 3 aromatic carbocycles. The minimum atomic E-state index is -2.44. The molecule has 1 fully saturated rings. The van der Waals surface area contributed by atoms with Crippen molar-refractivity contribution in [3.05, 3.63) is 108 Å². The van der Waals surface area contributed by atoms with Crippen LogP contribution in [0.2, 0.25) is 0 Å². The summed E-state index contributed by atoms with van der Waals surface area (Å²) < 4.78 is 5.29. The fourth-order valence-corrected chi connectivity index (χ4v) is 9.53. The van der Waals surface area contributed by atoms with Crippen LogP contribution in [0, 0.1) is 0 Å². The molecule has 1 aliphatic heterocycles. The van der Waals surface area contributed by atoms with E-state index in [1.54, 1.807) is 91.1 Å². The zero-order chi connectivity index (χ0) is 61.0. The largest absolute Gasteiger partial charge is 0.480 e. The lowest BCUT2D eigenvalue weighted by molar-refractivity contribution is -0.318. The van der Waals surface area contributed by atoms with Crippen molar-refractivity contribution in [2.45, 2.75) is 137 Å². The van der Waals surface area contributed by atoms with Crippen LogP contribution >= 0.6 is 25.3 Å². The first kappa shape index (κ1) is 67.1. The number of aliphatic carboxylic acids is 1. The zero-order valence-electron chi connectivity index (χ0n) is 45.7. The van der Waals surface area contributed by atoms with E-state index in [1.807, 2.05) is 0 Å². The van der Waals surface area contributed by atoms with Crippen molar-refractivity contribution in [2.75, 3.05) is 31.2 Å². The van der Waals surface area contributed by atoms with Gasteiger partial charge in [-0.25, -0.2) is 4.79 Å². The van der Waals surface area contributed by atoms with Gasteiger partial charge < -0.3 is 93.7 Å². The number of nitrogens with one attached hydrogen (secondary N) is 9. The number of carbonyl (C=O) groups excluding carboxylic acids is 7. The predicted octanol–water partition coefficient (Wildman–Crippen LogP) is -3.82. The fraction of sp³-hybridized carbons (Fsp3) is 0.491. The molecule has 4 aromatic rings. The molecule has 7 amide bonds. The Labute approximate surface area is 489 Å². The number of amides is 7. The molecule has 2 heterocycles. The third-order valence-corrected chi connectivity index (χ3v) is 14.6. The summed E-state index contributed by atoms with van der Waals surface area (Å²) in [5, 5.41) is 93.3. The standard InChI is InChI=1S/C55H76N10O16S2/c1-29(66)43(53(77)63-41(27-83)52(76)65-44(30(2)67)54(78)79)64-47(71)36(19-11-12-20-56)59-50(74)39(23-33-24-57-35-18-10-9-17-34(33)35)61-49(73)38(22-32-15-7-4-8-16-32)60-51(75)40(26-82)62-48(72)37(21-31-13-5-3-6-14-31)58-28-55(80)46(70)45(69)42(68)25-81-55/h3-10,13-18,24,29-30,36-46,57-58,66-70,80,82-83H,11-12,19-23,25-28,56H2,1-2H3,(H,59,74)(H,60,75)(H,61,73)(H,62,72)(H,63,77)(H,64,71)(H,65,76)(H,78,79)/t29-,30-,36+,37-,38+,39-,40+,41+,42-,43+,44+,45-,46+,55-/m1/s1. The average molecular weight is 1200 g/mol. The van der Waals surface area contributed by atoms with Crippen molar-refractivity contribution in [1.82, 2.24) is 47.5 Å². The summed E-state index contributed by atoms with van der Waals surface area (Å²) >= 11 is 8.46. The lowest BCUT2D eigenvalue weighted by Gasteiger charge is -2.42. The van der Waals surface area contributed by atoms with E-state index in [2.05, 4.69) is 72.8 Å². The summed E-state index contributed by atoms with van der Waals surface area (Å²) in [5.74, 6) is -11.2. The summed E-state index contributed by atoms with van der Waals surface area (Å²) in [6, 6.07) is 12.3. The fourth-order valence-electron chi connectivity index (χ4n) is 9.01. The topological polar surface area (TPSA) is 425 Å². The van der Waals surface area contributed by atoms with E-state index in [9.17, 15) is 74.1 Å². The number of aromatic amines is 1. The summed E-state index contributed by atoms with van der Waals surface area (Å²) in [6.07, 6.45) is -6.50. The Balaban J connectivity index is 1.41. The van der Waals surface area contributed by atoms with Crippen LogP contribution in [0.25, 0.3) is 10.9 Å². The number of unbranched alkanes of at least 4 members (excludes halogenated alkanes) is 1. The highest BCUT2D eigenvalue weighted by atomic mass is 32.1. The summed E-state index contributed by atoms with van der Waals surface area (Å²) in [7, 11) is 0. The van der Waals surface area contributed by atoms with Crippen LogP contribution in [0.4, 0.5) is 0 Å². The van der Waals surface area contributed by atoms with Crippen LogP contribution in [0.15, 0.2) is 91.1 Å². The van der Waals surface area contributed by atoms with Gasteiger partial charge in [0.2, 0.25) is 47.1 Å². The van der Waals surface area contributed by atoms with E-state index in [4.69, 9.17) is 10.5 Å². The summed E-state index contributed by atoms with van der Waals surface area (Å²) in [6.45, 7) is 1.36. The normalized spacial score (nSPS) is 20.5. The van der Waals surface area contributed by atoms with Crippen molar-refractivity contribution < 1.29 is 78.8 Å². The molecule has 0 bridgehead atoms. The van der Waals surface area contributed by atoms with Crippen molar-refractivity contribution in [1.29, 1.82) is 0 Å². The highest BCUT2D eigenvalue weighted by Gasteiger charge is 2.49. The van der Waals surface area contributed by atoms with E-state index in [0.29, 0.717) is 34.0 Å². The number of benzene rings is 3. The van der Waals surface area contributed by atoms with E-state index in [-0.39, 0.29) is 50.2 Å². The number of aromatic nitrogens is 1. The molecule has 0 spiro atoms. The highest BCUT2D eigenvalue weighted by Crippen LogP contribution is 2.24. The molecule has 0 saturated carbocycles. The molecule has 28 heteroatoms. The van der Waals surface area contributed by atoms with Crippen LogP contribution < -0.4 is 48.3 Å². The van der Waals surface area contributed by atoms with E-state index < -0.39 is 145 Å². The maximum absolute atomic E-state index is 14.8. The quantitative estimate of drug-likeness (QED) is 0.0165. The van der Waals surface area contributed by atoms with E-state index in [1.165, 1.54) is 6.92 Å². The molecule has 83 heavy (non-hydrogen) atoms. The van der Waals surface area contributed by atoms with Gasteiger partial charge in [-0.2, -0.15) is 25.3 Å². The number of hydrogen-bond donors (Lipinski definition) is 19. The molecule has 1 aliphatic rings. The predicted molar refractivity (Wildman–Crippen MR) is 308 cm³/mol. The monoisotopic (exact) mass is 1200 g/mol. The number of H-pyrrole nitrogens is 1. The number of rotatable bonds is 32. The van der Waals surface area contributed by atoms with Gasteiger partial charge in [0.05, 0.1) is 31.4 Å². The lowest BCUT2D eigenvalue weighted by Crippen LogP contribution is -2.66. The smallest absolute Gasteiger partial charge is 0.328 e.